The zero-order valence-corrected chi connectivity index (χ0v) is 16.0. The van der Waals surface area contributed by atoms with E-state index in [0.29, 0.717) is 11.3 Å². The van der Waals surface area contributed by atoms with E-state index in [-0.39, 0.29) is 19.3 Å². The molecule has 1 aromatic rings. The molecule has 0 aliphatic rings. The fourth-order valence-corrected chi connectivity index (χ4v) is 1.98. The molecule has 0 unspecified atom stereocenters. The maximum atomic E-state index is 11.8. The Morgan fingerprint density at radius 1 is 1.11 bits per heavy atom. The first-order valence-electron chi connectivity index (χ1n) is 8.51. The summed E-state index contributed by atoms with van der Waals surface area (Å²) in [6, 6.07) is 5.07. The summed E-state index contributed by atoms with van der Waals surface area (Å²) < 4.78 is 5.06. The summed E-state index contributed by atoms with van der Waals surface area (Å²) in [5.74, 6) is -1.99. The molecule has 1 aromatic carbocycles. The van der Waals surface area contributed by atoms with Crippen molar-refractivity contribution in [1.82, 2.24) is 10.8 Å². The van der Waals surface area contributed by atoms with Crippen LogP contribution >= 0.6 is 0 Å². The lowest BCUT2D eigenvalue weighted by Gasteiger charge is -2.22. The van der Waals surface area contributed by atoms with Gasteiger partial charge in [-0.15, -0.1) is 0 Å². The minimum atomic E-state index is -1.20. The van der Waals surface area contributed by atoms with E-state index in [2.05, 4.69) is 10.8 Å². The summed E-state index contributed by atoms with van der Waals surface area (Å²) in [7, 11) is 0. The molecule has 0 saturated heterocycles. The normalized spacial score (nSPS) is 11.8. The number of nitrogens with one attached hydrogen (secondary N) is 2. The smallest absolute Gasteiger partial charge is 0.408 e. The molecule has 28 heavy (non-hydrogen) atoms. The van der Waals surface area contributed by atoms with Crippen LogP contribution in [0.15, 0.2) is 24.3 Å². The molecule has 1 atom stereocenters. The highest BCUT2D eigenvalue weighted by atomic mass is 16.7. The van der Waals surface area contributed by atoms with Gasteiger partial charge in [0.1, 0.15) is 11.6 Å². The molecule has 10 nitrogen and oxygen atoms in total. The van der Waals surface area contributed by atoms with Gasteiger partial charge in [-0.2, -0.15) is 5.48 Å². The Bertz CT molecular complexity index is 711. The van der Waals surface area contributed by atoms with Gasteiger partial charge in [0.05, 0.1) is 0 Å². The molecule has 0 saturated carbocycles. The van der Waals surface area contributed by atoms with E-state index in [0.717, 1.165) is 0 Å². The van der Waals surface area contributed by atoms with Crippen molar-refractivity contribution in [2.75, 3.05) is 0 Å². The van der Waals surface area contributed by atoms with E-state index in [1.807, 2.05) is 0 Å². The topological polar surface area (TPSA) is 157 Å². The fourth-order valence-electron chi connectivity index (χ4n) is 1.98. The summed E-state index contributed by atoms with van der Waals surface area (Å²) in [5, 5.41) is 11.6. The monoisotopic (exact) mass is 395 g/mol. The number of carboxylic acid groups (broad SMARTS) is 1. The summed E-state index contributed by atoms with van der Waals surface area (Å²) in [6.07, 6.45) is -0.974. The van der Waals surface area contributed by atoms with Crippen LogP contribution in [-0.4, -0.2) is 40.6 Å². The summed E-state index contributed by atoms with van der Waals surface area (Å²) in [4.78, 5) is 50.3. The van der Waals surface area contributed by atoms with Crippen molar-refractivity contribution in [1.29, 1.82) is 0 Å². The van der Waals surface area contributed by atoms with E-state index in [9.17, 15) is 24.3 Å². The number of alkyl carbamates (subject to hydrolysis) is 1. The molecule has 0 aromatic heterocycles. The van der Waals surface area contributed by atoms with Crippen LogP contribution in [-0.2, 0) is 25.5 Å². The lowest BCUT2D eigenvalue weighted by Crippen LogP contribution is -2.44. The van der Waals surface area contributed by atoms with Crippen LogP contribution in [0.2, 0.25) is 0 Å². The van der Waals surface area contributed by atoms with Gasteiger partial charge in [0, 0.05) is 19.3 Å². The highest BCUT2D eigenvalue weighted by molar-refractivity contribution is 5.82. The number of hydrogen-bond donors (Lipinski definition) is 4. The van der Waals surface area contributed by atoms with E-state index in [1.54, 1.807) is 32.9 Å². The van der Waals surface area contributed by atoms with Gasteiger partial charge in [0.25, 0.3) is 5.91 Å². The number of carbonyl (C=O) groups is 4. The molecule has 0 aliphatic carbocycles. The van der Waals surface area contributed by atoms with Crippen molar-refractivity contribution >= 4 is 23.9 Å². The number of ether oxygens (including phenoxy) is 1. The van der Waals surface area contributed by atoms with E-state index in [1.165, 1.54) is 12.1 Å². The summed E-state index contributed by atoms with van der Waals surface area (Å²) in [5.41, 5.74) is 7.00. The fraction of sp³-hybridized carbons (Fsp3) is 0.444. The first-order valence-corrected chi connectivity index (χ1v) is 8.51. The molecule has 0 spiro atoms. The number of benzene rings is 1. The second kappa shape index (κ2) is 10.1. The Labute approximate surface area is 162 Å². The van der Waals surface area contributed by atoms with Gasteiger partial charge in [0.15, 0.2) is 5.75 Å². The Hall–Kier alpha value is -3.30. The number of hydrogen-bond acceptors (Lipinski definition) is 6. The third kappa shape index (κ3) is 9.41. The number of amides is 3. The lowest BCUT2D eigenvalue weighted by atomic mass is 10.1. The second-order valence-corrected chi connectivity index (χ2v) is 6.98. The SMILES string of the molecule is CC(C)(C)OC(=O)N[C@@H](Cc1ccc(ONC(=O)CCC(N)=O)cc1)C(=O)O. The van der Waals surface area contributed by atoms with Crippen molar-refractivity contribution < 1.29 is 33.9 Å². The Morgan fingerprint density at radius 3 is 2.21 bits per heavy atom. The van der Waals surface area contributed by atoms with Gasteiger partial charge >= 0.3 is 12.1 Å². The number of aliphatic carboxylic acids is 1. The van der Waals surface area contributed by atoms with Crippen LogP contribution in [0.1, 0.15) is 39.2 Å². The maximum Gasteiger partial charge on any atom is 0.408 e. The van der Waals surface area contributed by atoms with Crippen LogP contribution in [0.25, 0.3) is 0 Å². The summed E-state index contributed by atoms with van der Waals surface area (Å²) in [6.45, 7) is 5.02. The number of primary amides is 1. The molecule has 0 radical (unpaired) electrons. The van der Waals surface area contributed by atoms with E-state index >= 15 is 0 Å². The highest BCUT2D eigenvalue weighted by Crippen LogP contribution is 2.14. The van der Waals surface area contributed by atoms with Crippen LogP contribution in [0.5, 0.6) is 5.75 Å². The molecule has 154 valence electrons. The van der Waals surface area contributed by atoms with Crippen LogP contribution in [0.3, 0.4) is 0 Å². The molecular formula is C18H25N3O7. The minimum Gasteiger partial charge on any atom is -0.480 e. The zero-order valence-electron chi connectivity index (χ0n) is 16.0. The van der Waals surface area contributed by atoms with Crippen molar-refractivity contribution in [2.45, 2.75) is 51.7 Å². The van der Waals surface area contributed by atoms with E-state index in [4.69, 9.17) is 15.3 Å². The largest absolute Gasteiger partial charge is 0.480 e. The zero-order chi connectivity index (χ0) is 21.3. The van der Waals surface area contributed by atoms with Gasteiger partial charge in [-0.05, 0) is 38.5 Å². The van der Waals surface area contributed by atoms with Crippen LogP contribution in [0, 0.1) is 0 Å². The minimum absolute atomic E-state index is 0.0276. The highest BCUT2D eigenvalue weighted by Gasteiger charge is 2.24. The van der Waals surface area contributed by atoms with Gasteiger partial charge in [-0.25, -0.2) is 9.59 Å². The molecule has 5 N–H and O–H groups in total. The van der Waals surface area contributed by atoms with E-state index < -0.39 is 35.5 Å². The molecule has 0 heterocycles. The van der Waals surface area contributed by atoms with Gasteiger partial charge in [-0.1, -0.05) is 12.1 Å². The van der Waals surface area contributed by atoms with Crippen LogP contribution in [0.4, 0.5) is 4.79 Å². The average molecular weight is 395 g/mol. The first kappa shape index (κ1) is 22.7. The Morgan fingerprint density at radius 2 is 1.71 bits per heavy atom. The number of carboxylic acids is 1. The van der Waals surface area contributed by atoms with Gasteiger partial charge in [-0.3, -0.25) is 9.59 Å². The predicted molar refractivity (Wildman–Crippen MR) is 98.1 cm³/mol. The molecule has 0 fully saturated rings. The van der Waals surface area contributed by atoms with Gasteiger partial charge in [0.2, 0.25) is 5.91 Å². The molecule has 1 rings (SSSR count). The molecule has 10 heteroatoms. The van der Waals surface area contributed by atoms with Crippen molar-refractivity contribution in [3.05, 3.63) is 29.8 Å². The van der Waals surface area contributed by atoms with Gasteiger partial charge < -0.3 is 25.7 Å². The average Bonchev–Trinajstić information content (AvgIpc) is 2.57. The Balaban J connectivity index is 2.58. The first-order chi connectivity index (χ1) is 13.0. The number of carbonyl (C=O) groups excluding carboxylic acids is 3. The molecule has 3 amide bonds. The quantitative estimate of drug-likeness (QED) is 0.452. The lowest BCUT2D eigenvalue weighted by molar-refractivity contribution is -0.139. The number of nitrogens with two attached hydrogens (primary N) is 1. The summed E-state index contributed by atoms with van der Waals surface area (Å²) >= 11 is 0. The molecular weight excluding hydrogens is 370 g/mol. The van der Waals surface area contributed by atoms with Crippen molar-refractivity contribution in [3.63, 3.8) is 0 Å². The third-order valence-electron chi connectivity index (χ3n) is 3.23. The third-order valence-corrected chi connectivity index (χ3v) is 3.23. The predicted octanol–water partition coefficient (Wildman–Crippen LogP) is 0.883. The van der Waals surface area contributed by atoms with Crippen LogP contribution < -0.4 is 21.4 Å². The van der Waals surface area contributed by atoms with Crippen molar-refractivity contribution in [2.24, 2.45) is 5.73 Å². The number of rotatable bonds is 9. The molecule has 0 aliphatic heterocycles. The molecule has 0 bridgehead atoms. The second-order valence-electron chi connectivity index (χ2n) is 6.98. The number of hydroxylamine groups is 1. The van der Waals surface area contributed by atoms with Crippen molar-refractivity contribution in [3.8, 4) is 5.75 Å². The standard InChI is InChI=1S/C18H25N3O7/c1-18(2,3)27-17(26)20-13(16(24)25)10-11-4-6-12(7-5-11)28-21-15(23)9-8-14(19)22/h4-7,13H,8-10H2,1-3H3,(H2,19,22)(H,20,26)(H,21,23)(H,24,25)/t13-/m0/s1. The Kier molecular flexibility index (Phi) is 8.24. The maximum absolute atomic E-state index is 11.8.